The number of ether oxygens (including phenoxy) is 1. The molecule has 0 aliphatic carbocycles. The van der Waals surface area contributed by atoms with Crippen LogP contribution in [0.5, 0.6) is 5.75 Å². The Hall–Kier alpha value is -1.92. The van der Waals surface area contributed by atoms with Gasteiger partial charge in [-0.3, -0.25) is 4.79 Å². The number of methoxy groups -OCH3 is 1. The molecule has 2 aromatic rings. The molecule has 5 nitrogen and oxygen atoms in total. The number of carbonyl (C=O) groups is 1. The van der Waals surface area contributed by atoms with Crippen molar-refractivity contribution >= 4 is 17.2 Å². The summed E-state index contributed by atoms with van der Waals surface area (Å²) in [6, 6.07) is 8.01. The van der Waals surface area contributed by atoms with E-state index in [2.05, 4.69) is 15.2 Å². The lowest BCUT2D eigenvalue weighted by atomic mass is 10.1. The van der Waals surface area contributed by atoms with Gasteiger partial charge in [-0.25, -0.2) is 4.98 Å². The van der Waals surface area contributed by atoms with E-state index in [-0.39, 0.29) is 11.9 Å². The van der Waals surface area contributed by atoms with Crippen molar-refractivity contribution in [2.45, 2.75) is 13.0 Å². The van der Waals surface area contributed by atoms with E-state index < -0.39 is 0 Å². The monoisotopic (exact) mass is 319 g/mol. The van der Waals surface area contributed by atoms with Crippen LogP contribution in [0.3, 0.4) is 0 Å². The Morgan fingerprint density at radius 3 is 2.55 bits per heavy atom. The molecule has 0 radical (unpaired) electrons. The van der Waals surface area contributed by atoms with E-state index in [9.17, 15) is 4.79 Å². The first-order valence-electron chi connectivity index (χ1n) is 7.01. The molecule has 0 spiro atoms. The molecule has 6 heteroatoms. The van der Waals surface area contributed by atoms with Crippen LogP contribution >= 0.6 is 11.3 Å². The fraction of sp³-hybridized carbons (Fsp3) is 0.375. The SMILES string of the molecule is COc1ccc(C(CNC(=O)c2scnc2C)N(C)C)cc1. The number of nitrogens with zero attached hydrogens (tertiary/aromatic N) is 2. The third-order valence-electron chi connectivity index (χ3n) is 3.53. The number of likely N-dealkylation sites (N-methyl/N-ethyl adjacent to an activating group) is 1. The molecule has 0 aliphatic heterocycles. The molecule has 1 atom stereocenters. The van der Waals surface area contributed by atoms with Crippen LogP contribution < -0.4 is 10.1 Å². The summed E-state index contributed by atoms with van der Waals surface area (Å²) in [6.45, 7) is 2.38. The van der Waals surface area contributed by atoms with E-state index in [0.717, 1.165) is 17.0 Å². The number of benzene rings is 1. The predicted molar refractivity (Wildman–Crippen MR) is 88.6 cm³/mol. The highest BCUT2D eigenvalue weighted by molar-refractivity contribution is 7.11. The van der Waals surface area contributed by atoms with E-state index in [4.69, 9.17) is 4.74 Å². The van der Waals surface area contributed by atoms with Gasteiger partial charge in [0.25, 0.3) is 5.91 Å². The number of amides is 1. The fourth-order valence-electron chi connectivity index (χ4n) is 2.21. The first kappa shape index (κ1) is 16.5. The smallest absolute Gasteiger partial charge is 0.263 e. The standard InChI is InChI=1S/C16H21N3O2S/c1-11-15(22-10-18-11)16(20)17-9-14(19(2)3)12-5-7-13(21-4)8-6-12/h5-8,10,14H,9H2,1-4H3,(H,17,20). The second-order valence-electron chi connectivity index (χ2n) is 5.23. The molecule has 118 valence electrons. The van der Waals surface area contributed by atoms with Crippen molar-refractivity contribution in [2.24, 2.45) is 0 Å². The quantitative estimate of drug-likeness (QED) is 0.889. The van der Waals surface area contributed by atoms with Crippen LogP contribution in [0, 0.1) is 6.92 Å². The van der Waals surface area contributed by atoms with E-state index >= 15 is 0 Å². The Bertz CT molecular complexity index is 623. The molecular formula is C16H21N3O2S. The maximum atomic E-state index is 12.2. The normalized spacial score (nSPS) is 12.2. The Labute approximate surface area is 134 Å². The van der Waals surface area contributed by atoms with Crippen molar-refractivity contribution in [3.8, 4) is 5.75 Å². The van der Waals surface area contributed by atoms with Gasteiger partial charge in [-0.15, -0.1) is 11.3 Å². The minimum atomic E-state index is -0.0691. The highest BCUT2D eigenvalue weighted by Crippen LogP contribution is 2.21. The van der Waals surface area contributed by atoms with Crippen molar-refractivity contribution in [3.63, 3.8) is 0 Å². The van der Waals surface area contributed by atoms with Crippen LogP contribution in [0.25, 0.3) is 0 Å². The number of aryl methyl sites for hydroxylation is 1. The van der Waals surface area contributed by atoms with Crippen LogP contribution in [0.4, 0.5) is 0 Å². The summed E-state index contributed by atoms with van der Waals surface area (Å²) in [5.41, 5.74) is 3.59. The number of hydrogen-bond acceptors (Lipinski definition) is 5. The van der Waals surface area contributed by atoms with E-state index in [0.29, 0.717) is 11.4 Å². The van der Waals surface area contributed by atoms with Crippen molar-refractivity contribution in [3.05, 3.63) is 45.9 Å². The van der Waals surface area contributed by atoms with Gasteiger partial charge in [0.05, 0.1) is 24.4 Å². The van der Waals surface area contributed by atoms with E-state index in [1.165, 1.54) is 11.3 Å². The molecule has 1 aromatic carbocycles. The van der Waals surface area contributed by atoms with Crippen LogP contribution in [0.15, 0.2) is 29.8 Å². The maximum absolute atomic E-state index is 12.2. The Morgan fingerprint density at radius 1 is 1.36 bits per heavy atom. The number of hydrogen-bond donors (Lipinski definition) is 1. The van der Waals surface area contributed by atoms with E-state index in [1.807, 2.05) is 45.3 Å². The average molecular weight is 319 g/mol. The highest BCUT2D eigenvalue weighted by atomic mass is 32.1. The Balaban J connectivity index is 2.05. The molecule has 0 saturated heterocycles. The summed E-state index contributed by atoms with van der Waals surface area (Å²) >= 11 is 1.37. The fourth-order valence-corrected chi connectivity index (χ4v) is 2.93. The summed E-state index contributed by atoms with van der Waals surface area (Å²) < 4.78 is 5.18. The predicted octanol–water partition coefficient (Wildman–Crippen LogP) is 2.49. The minimum absolute atomic E-state index is 0.0691. The topological polar surface area (TPSA) is 54.5 Å². The number of thiazole rings is 1. The molecule has 1 amide bonds. The van der Waals surface area contributed by atoms with Crippen molar-refractivity contribution < 1.29 is 9.53 Å². The molecule has 1 N–H and O–H groups in total. The molecule has 0 aliphatic rings. The van der Waals surface area contributed by atoms with Crippen molar-refractivity contribution in [2.75, 3.05) is 27.7 Å². The van der Waals surface area contributed by atoms with Gasteiger partial charge in [-0.2, -0.15) is 0 Å². The van der Waals surface area contributed by atoms with Crippen molar-refractivity contribution in [1.82, 2.24) is 15.2 Å². The molecule has 0 bridgehead atoms. The molecule has 0 saturated carbocycles. The zero-order valence-corrected chi connectivity index (χ0v) is 14.1. The number of nitrogens with one attached hydrogen (secondary N) is 1. The Morgan fingerprint density at radius 2 is 2.05 bits per heavy atom. The number of rotatable bonds is 6. The van der Waals surface area contributed by atoms with Gasteiger partial charge < -0.3 is 15.0 Å². The van der Waals surface area contributed by atoms with Crippen molar-refractivity contribution in [1.29, 1.82) is 0 Å². The largest absolute Gasteiger partial charge is 0.497 e. The summed E-state index contributed by atoms with van der Waals surface area (Å²) in [6.07, 6.45) is 0. The third-order valence-corrected chi connectivity index (χ3v) is 4.46. The number of carbonyl (C=O) groups excluding carboxylic acids is 1. The summed E-state index contributed by atoms with van der Waals surface area (Å²) in [4.78, 5) is 19.1. The molecular weight excluding hydrogens is 298 g/mol. The second-order valence-corrected chi connectivity index (χ2v) is 6.08. The Kier molecular flexibility index (Phi) is 5.51. The van der Waals surface area contributed by atoms with Gasteiger partial charge in [-0.05, 0) is 38.7 Å². The van der Waals surface area contributed by atoms with Gasteiger partial charge >= 0.3 is 0 Å². The van der Waals surface area contributed by atoms with Gasteiger partial charge in [0.15, 0.2) is 0 Å². The first-order valence-corrected chi connectivity index (χ1v) is 7.89. The minimum Gasteiger partial charge on any atom is -0.497 e. The lowest BCUT2D eigenvalue weighted by molar-refractivity contribution is 0.0945. The molecule has 1 unspecified atom stereocenters. The van der Waals surface area contributed by atoms with Crippen LogP contribution in [0.2, 0.25) is 0 Å². The van der Waals surface area contributed by atoms with Crippen LogP contribution in [-0.2, 0) is 0 Å². The maximum Gasteiger partial charge on any atom is 0.263 e. The van der Waals surface area contributed by atoms with E-state index in [1.54, 1.807) is 12.6 Å². The van der Waals surface area contributed by atoms with Gasteiger partial charge in [0.1, 0.15) is 10.6 Å². The average Bonchev–Trinajstić information content (AvgIpc) is 2.94. The zero-order chi connectivity index (χ0) is 16.1. The highest BCUT2D eigenvalue weighted by Gasteiger charge is 2.17. The summed E-state index contributed by atoms with van der Waals surface area (Å²) in [5.74, 6) is 0.755. The molecule has 1 heterocycles. The first-order chi connectivity index (χ1) is 10.5. The second kappa shape index (κ2) is 7.38. The van der Waals surface area contributed by atoms with Gasteiger partial charge in [0, 0.05) is 6.54 Å². The lowest BCUT2D eigenvalue weighted by Gasteiger charge is -2.25. The zero-order valence-electron chi connectivity index (χ0n) is 13.3. The lowest BCUT2D eigenvalue weighted by Crippen LogP contribution is -2.34. The molecule has 1 aromatic heterocycles. The third kappa shape index (κ3) is 3.84. The van der Waals surface area contributed by atoms with Crippen LogP contribution in [0.1, 0.15) is 27.0 Å². The molecule has 22 heavy (non-hydrogen) atoms. The van der Waals surface area contributed by atoms with Gasteiger partial charge in [0.2, 0.25) is 0 Å². The molecule has 0 fully saturated rings. The summed E-state index contributed by atoms with van der Waals surface area (Å²) in [5, 5.41) is 2.99. The number of aromatic nitrogens is 1. The molecule has 2 rings (SSSR count). The summed E-state index contributed by atoms with van der Waals surface area (Å²) in [7, 11) is 5.65. The van der Waals surface area contributed by atoms with Gasteiger partial charge in [-0.1, -0.05) is 12.1 Å². The van der Waals surface area contributed by atoms with Crippen LogP contribution in [-0.4, -0.2) is 43.5 Å².